The number of ketones is 1. The van der Waals surface area contributed by atoms with Crippen LogP contribution in [0.4, 0.5) is 0 Å². The first kappa shape index (κ1) is 8.94. The predicted octanol–water partition coefficient (Wildman–Crippen LogP) is -0.135. The molecule has 1 fully saturated rings. The molecule has 2 rings (SSSR count). The van der Waals surface area contributed by atoms with Gasteiger partial charge in [0, 0.05) is 0 Å². The molecule has 0 bridgehead atoms. The molecule has 13 heavy (non-hydrogen) atoms. The van der Waals surface area contributed by atoms with E-state index >= 15 is 0 Å². The van der Waals surface area contributed by atoms with Crippen LogP contribution in [0.3, 0.4) is 0 Å². The molecule has 3 nitrogen and oxygen atoms in total. The Kier molecular flexibility index (Phi) is 2.49. The van der Waals surface area contributed by atoms with Crippen LogP contribution in [0.15, 0.2) is 24.5 Å². The molecule has 1 aromatic rings. The van der Waals surface area contributed by atoms with Crippen molar-refractivity contribution in [2.24, 2.45) is 0 Å². The van der Waals surface area contributed by atoms with Crippen LogP contribution in [0.25, 0.3) is 0 Å². The van der Waals surface area contributed by atoms with E-state index in [0.29, 0.717) is 6.42 Å². The second kappa shape index (κ2) is 3.62. The maximum absolute atomic E-state index is 11.4. The molecule has 1 aromatic heterocycles. The van der Waals surface area contributed by atoms with Gasteiger partial charge < -0.3 is 0 Å². The average Bonchev–Trinajstić information content (AvgIpc) is 2.49. The van der Waals surface area contributed by atoms with Crippen molar-refractivity contribution < 1.29 is 9.59 Å². The minimum absolute atomic E-state index is 0.0465. The van der Waals surface area contributed by atoms with E-state index < -0.39 is 21.4 Å². The molecule has 0 spiro atoms. The molecule has 1 aliphatic heterocycles. The van der Waals surface area contributed by atoms with Crippen molar-refractivity contribution in [1.82, 2.24) is 4.98 Å². The fourth-order valence-corrected chi connectivity index (χ4v) is 9.02. The number of carbonyl (C=O) groups is 2. The SMILES string of the molecule is O=C1C[CH2][In]([c]2cccnc2)[C]1=O. The van der Waals surface area contributed by atoms with Crippen molar-refractivity contribution >= 4 is 34.1 Å². The van der Waals surface area contributed by atoms with Crippen LogP contribution in [0.2, 0.25) is 4.18 Å². The summed E-state index contributed by atoms with van der Waals surface area (Å²) in [6.07, 6.45) is 3.92. The molecule has 0 unspecified atom stereocenters. The van der Waals surface area contributed by atoms with Gasteiger partial charge in [-0.2, -0.15) is 0 Å². The van der Waals surface area contributed by atoms with Gasteiger partial charge in [-0.1, -0.05) is 0 Å². The van der Waals surface area contributed by atoms with E-state index in [1.807, 2.05) is 12.1 Å². The summed E-state index contributed by atoms with van der Waals surface area (Å²) in [4.78, 5) is 26.4. The van der Waals surface area contributed by atoms with Crippen LogP contribution in [0.5, 0.6) is 0 Å². The normalized spacial score (nSPS) is 16.8. The Labute approximate surface area is 83.7 Å². The van der Waals surface area contributed by atoms with Gasteiger partial charge in [0.1, 0.15) is 0 Å². The third-order valence-electron chi connectivity index (χ3n) is 2.34. The fourth-order valence-electron chi connectivity index (χ4n) is 1.62. The van der Waals surface area contributed by atoms with Gasteiger partial charge in [0.25, 0.3) is 0 Å². The summed E-state index contributed by atoms with van der Waals surface area (Å²) in [6.45, 7) is 0. The van der Waals surface area contributed by atoms with Crippen LogP contribution < -0.4 is 3.32 Å². The molecule has 0 aromatic carbocycles. The average molecular weight is 277 g/mol. The van der Waals surface area contributed by atoms with E-state index in [4.69, 9.17) is 0 Å². The first-order valence-corrected chi connectivity index (χ1v) is 9.88. The quantitative estimate of drug-likeness (QED) is 0.671. The Bertz CT molecular complexity index is 350. The van der Waals surface area contributed by atoms with E-state index in [-0.39, 0.29) is 9.32 Å². The number of carbonyl (C=O) groups excluding carboxylic acids is 2. The molecule has 2 heterocycles. The van der Waals surface area contributed by atoms with Gasteiger partial charge >= 0.3 is 83.8 Å². The third-order valence-corrected chi connectivity index (χ3v) is 10.8. The second-order valence-electron chi connectivity index (χ2n) is 3.17. The van der Waals surface area contributed by atoms with Gasteiger partial charge in [-0.25, -0.2) is 0 Å². The zero-order valence-electron chi connectivity index (χ0n) is 7.06. The number of nitrogens with zero attached hydrogens (tertiary/aromatic N) is 1. The van der Waals surface area contributed by atoms with Gasteiger partial charge in [0.2, 0.25) is 0 Å². The molecule has 0 amide bonds. The summed E-state index contributed by atoms with van der Waals surface area (Å²) in [7, 11) is 0. The molecule has 0 radical (unpaired) electrons. The van der Waals surface area contributed by atoms with E-state index in [9.17, 15) is 9.59 Å². The van der Waals surface area contributed by atoms with Crippen molar-refractivity contribution in [3.63, 3.8) is 0 Å². The van der Waals surface area contributed by atoms with E-state index in [1.165, 1.54) is 0 Å². The first-order valence-electron chi connectivity index (χ1n) is 4.26. The Morgan fingerprint density at radius 3 is 2.77 bits per heavy atom. The van der Waals surface area contributed by atoms with Gasteiger partial charge in [0.15, 0.2) is 0 Å². The summed E-state index contributed by atoms with van der Waals surface area (Å²) in [5.74, 6) is -0.148. The molecule has 0 atom stereocenters. The second-order valence-corrected chi connectivity index (χ2v) is 11.4. The molecule has 4 heteroatoms. The zero-order valence-corrected chi connectivity index (χ0v) is 10.4. The summed E-state index contributed by atoms with van der Waals surface area (Å²) in [5.41, 5.74) is 0. The van der Waals surface area contributed by atoms with Crippen LogP contribution in [-0.2, 0) is 9.59 Å². The van der Waals surface area contributed by atoms with Gasteiger partial charge in [-0.3, -0.25) is 0 Å². The Balaban J connectivity index is 2.29. The molecular weight excluding hydrogens is 269 g/mol. The van der Waals surface area contributed by atoms with Crippen molar-refractivity contribution in [2.75, 3.05) is 0 Å². The Hall–Kier alpha value is -0.640. The van der Waals surface area contributed by atoms with E-state index in [2.05, 4.69) is 4.98 Å². The Morgan fingerprint density at radius 1 is 1.38 bits per heavy atom. The van der Waals surface area contributed by atoms with Crippen molar-refractivity contribution in [1.29, 1.82) is 0 Å². The van der Waals surface area contributed by atoms with E-state index in [1.54, 1.807) is 12.4 Å². The van der Waals surface area contributed by atoms with Crippen molar-refractivity contribution in [2.45, 2.75) is 10.6 Å². The molecule has 0 saturated carbocycles. The fraction of sp³-hybridized carbons (Fsp3) is 0.222. The third kappa shape index (κ3) is 1.68. The topological polar surface area (TPSA) is 47.0 Å². The number of rotatable bonds is 1. The van der Waals surface area contributed by atoms with E-state index in [0.717, 1.165) is 7.50 Å². The van der Waals surface area contributed by atoms with Crippen molar-refractivity contribution in [3.05, 3.63) is 24.5 Å². The minimum atomic E-state index is -2.36. The molecular formula is C9H8InNO2. The van der Waals surface area contributed by atoms with Crippen LogP contribution in [-0.4, -0.2) is 35.7 Å². The van der Waals surface area contributed by atoms with Gasteiger partial charge in [0.05, 0.1) is 0 Å². The van der Waals surface area contributed by atoms with Gasteiger partial charge in [-0.15, -0.1) is 0 Å². The number of pyridine rings is 1. The molecule has 1 saturated heterocycles. The summed E-state index contributed by atoms with van der Waals surface area (Å²) < 4.78 is 1.88. The first-order chi connectivity index (χ1) is 6.29. The molecule has 64 valence electrons. The van der Waals surface area contributed by atoms with Crippen LogP contribution in [0.1, 0.15) is 6.42 Å². The molecule has 0 N–H and O–H groups in total. The summed E-state index contributed by atoms with van der Waals surface area (Å²) in [6, 6.07) is 3.77. The number of hydrogen-bond acceptors (Lipinski definition) is 3. The number of aromatic nitrogens is 1. The van der Waals surface area contributed by atoms with Crippen molar-refractivity contribution in [3.8, 4) is 0 Å². The molecule has 1 aliphatic rings. The summed E-state index contributed by atoms with van der Waals surface area (Å²) in [5, 5.41) is 0. The number of Topliss-reactive ketones (excluding diaryl/α,β-unsaturated/α-hetero) is 1. The van der Waals surface area contributed by atoms with Gasteiger partial charge in [-0.05, 0) is 0 Å². The Morgan fingerprint density at radius 2 is 2.23 bits per heavy atom. The standard InChI is InChI=1S/C5H4N.C4H4O2.In/c1-2-4-6-5-3-1;1-2-4(6)3-5;/h1-2,4-5H;1-2H2;. The summed E-state index contributed by atoms with van der Waals surface area (Å²) >= 11 is -2.36. The van der Waals surface area contributed by atoms with Crippen LogP contribution >= 0.6 is 0 Å². The predicted molar refractivity (Wildman–Crippen MR) is 49.1 cm³/mol. The number of hydrogen-bond donors (Lipinski definition) is 0. The maximum atomic E-state index is 11.4. The zero-order chi connectivity index (χ0) is 9.26. The molecule has 0 aliphatic carbocycles. The van der Waals surface area contributed by atoms with Crippen LogP contribution in [0, 0.1) is 0 Å². The monoisotopic (exact) mass is 277 g/mol.